The molecule has 1 aliphatic rings. The van der Waals surface area contributed by atoms with Gasteiger partial charge in [0.2, 0.25) is 5.91 Å². The highest BCUT2D eigenvalue weighted by atomic mass is 79.9. The number of hydrogen-bond donors (Lipinski definition) is 1. The number of hydrogen-bond acceptors (Lipinski definition) is 4. The van der Waals surface area contributed by atoms with Crippen molar-refractivity contribution in [3.63, 3.8) is 0 Å². The van der Waals surface area contributed by atoms with Crippen molar-refractivity contribution in [2.75, 3.05) is 18.6 Å². The highest BCUT2D eigenvalue weighted by Crippen LogP contribution is 2.32. The standard InChI is InChI=1S/C12H14BrNO4S/c1-19(16,17)7-11(15)14-6-9-5-10(13)4-8-2-3-18-12(8)9/h4-5H,2-3,6-7H2,1H3,(H,14,15). The Hall–Kier alpha value is -1.08. The summed E-state index contributed by atoms with van der Waals surface area (Å²) in [6, 6.07) is 3.86. The molecule has 0 unspecified atom stereocenters. The van der Waals surface area contributed by atoms with E-state index in [0.29, 0.717) is 6.61 Å². The molecule has 1 aromatic carbocycles. The van der Waals surface area contributed by atoms with Crippen LogP contribution in [0.5, 0.6) is 5.75 Å². The molecular formula is C12H14BrNO4S. The van der Waals surface area contributed by atoms with E-state index in [-0.39, 0.29) is 6.54 Å². The van der Waals surface area contributed by atoms with Crippen molar-refractivity contribution in [3.05, 3.63) is 27.7 Å². The zero-order chi connectivity index (χ0) is 14.0. The smallest absolute Gasteiger partial charge is 0.235 e. The largest absolute Gasteiger partial charge is 0.493 e. The number of fused-ring (bicyclic) bond motifs is 1. The molecule has 1 heterocycles. The predicted molar refractivity (Wildman–Crippen MR) is 74.9 cm³/mol. The Bertz CT molecular complexity index is 612. The third-order valence-electron chi connectivity index (χ3n) is 2.69. The Morgan fingerprint density at radius 3 is 2.89 bits per heavy atom. The van der Waals surface area contributed by atoms with Crippen LogP contribution in [0.1, 0.15) is 11.1 Å². The van der Waals surface area contributed by atoms with Crippen LogP contribution in [0.15, 0.2) is 16.6 Å². The van der Waals surface area contributed by atoms with Crippen LogP contribution in [0.3, 0.4) is 0 Å². The molecule has 0 saturated carbocycles. The quantitative estimate of drug-likeness (QED) is 0.883. The van der Waals surface area contributed by atoms with Crippen molar-refractivity contribution in [1.29, 1.82) is 0 Å². The number of amides is 1. The van der Waals surface area contributed by atoms with Crippen LogP contribution >= 0.6 is 15.9 Å². The zero-order valence-corrected chi connectivity index (χ0v) is 12.8. The summed E-state index contributed by atoms with van der Waals surface area (Å²) in [6.07, 6.45) is 1.88. The lowest BCUT2D eigenvalue weighted by atomic mass is 10.1. The molecule has 0 bridgehead atoms. The normalized spacial score (nSPS) is 13.8. The predicted octanol–water partition coefficient (Wildman–Crippen LogP) is 1.04. The second kappa shape index (κ2) is 5.50. The van der Waals surface area contributed by atoms with Crippen LogP contribution in [-0.4, -0.2) is 32.9 Å². The molecule has 0 aromatic heterocycles. The molecule has 0 spiro atoms. The molecule has 0 fully saturated rings. The lowest BCUT2D eigenvalue weighted by molar-refractivity contribution is -0.118. The van der Waals surface area contributed by atoms with Gasteiger partial charge in [0.1, 0.15) is 11.5 Å². The van der Waals surface area contributed by atoms with Crippen LogP contribution < -0.4 is 10.1 Å². The van der Waals surface area contributed by atoms with E-state index in [4.69, 9.17) is 4.74 Å². The summed E-state index contributed by atoms with van der Waals surface area (Å²) in [5.74, 6) is -0.207. The first-order chi connectivity index (χ1) is 8.85. The monoisotopic (exact) mass is 347 g/mol. The van der Waals surface area contributed by atoms with Gasteiger partial charge in [0.15, 0.2) is 9.84 Å². The van der Waals surface area contributed by atoms with E-state index in [1.54, 1.807) is 0 Å². The fraction of sp³-hybridized carbons (Fsp3) is 0.417. The van der Waals surface area contributed by atoms with Crippen molar-refractivity contribution in [3.8, 4) is 5.75 Å². The summed E-state index contributed by atoms with van der Waals surface area (Å²) in [7, 11) is -3.30. The average Bonchev–Trinajstić information content (AvgIpc) is 2.71. The Morgan fingerprint density at radius 1 is 1.47 bits per heavy atom. The van der Waals surface area contributed by atoms with Crippen molar-refractivity contribution in [2.24, 2.45) is 0 Å². The van der Waals surface area contributed by atoms with E-state index in [9.17, 15) is 13.2 Å². The molecule has 1 aliphatic heterocycles. The number of benzene rings is 1. The summed E-state index contributed by atoms with van der Waals surface area (Å²) in [5.41, 5.74) is 1.95. The van der Waals surface area contributed by atoms with E-state index >= 15 is 0 Å². The van der Waals surface area contributed by atoms with Crippen molar-refractivity contribution in [1.82, 2.24) is 5.32 Å². The minimum Gasteiger partial charge on any atom is -0.493 e. The van der Waals surface area contributed by atoms with Gasteiger partial charge >= 0.3 is 0 Å². The number of rotatable bonds is 4. The topological polar surface area (TPSA) is 72.5 Å². The van der Waals surface area contributed by atoms with Gasteiger partial charge in [-0.05, 0) is 17.7 Å². The third kappa shape index (κ3) is 3.94. The molecule has 104 valence electrons. The second-order valence-electron chi connectivity index (χ2n) is 4.50. The molecule has 0 aliphatic carbocycles. The number of halogens is 1. The summed E-state index contributed by atoms with van der Waals surface area (Å²) < 4.78 is 28.5. The Labute approximate surface area is 120 Å². The van der Waals surface area contributed by atoms with Gasteiger partial charge in [-0.25, -0.2) is 8.42 Å². The SMILES string of the molecule is CS(=O)(=O)CC(=O)NCc1cc(Br)cc2c1OCC2. The fourth-order valence-electron chi connectivity index (χ4n) is 1.96. The molecule has 0 atom stereocenters. The average molecular weight is 348 g/mol. The molecule has 1 aromatic rings. The molecule has 2 rings (SSSR count). The number of ether oxygens (including phenoxy) is 1. The van der Waals surface area contributed by atoms with Gasteiger partial charge in [-0.3, -0.25) is 4.79 Å². The minimum atomic E-state index is -3.30. The number of carbonyl (C=O) groups is 1. The second-order valence-corrected chi connectivity index (χ2v) is 7.55. The van der Waals surface area contributed by atoms with Gasteiger partial charge < -0.3 is 10.1 Å². The molecule has 0 radical (unpaired) electrons. The van der Waals surface area contributed by atoms with Gasteiger partial charge in [0.25, 0.3) is 0 Å². The number of carbonyl (C=O) groups excluding carboxylic acids is 1. The van der Waals surface area contributed by atoms with Gasteiger partial charge in [-0.2, -0.15) is 0 Å². The van der Waals surface area contributed by atoms with Gasteiger partial charge in [0.05, 0.1) is 6.61 Å². The van der Waals surface area contributed by atoms with Crippen molar-refractivity contribution < 1.29 is 17.9 Å². The zero-order valence-electron chi connectivity index (χ0n) is 10.4. The minimum absolute atomic E-state index is 0.260. The van der Waals surface area contributed by atoms with Crippen LogP contribution in [0.4, 0.5) is 0 Å². The van der Waals surface area contributed by atoms with E-state index < -0.39 is 21.5 Å². The lowest BCUT2D eigenvalue weighted by Crippen LogP contribution is -2.29. The third-order valence-corrected chi connectivity index (χ3v) is 3.94. The first kappa shape index (κ1) is 14.3. The lowest BCUT2D eigenvalue weighted by Gasteiger charge is -2.10. The molecule has 19 heavy (non-hydrogen) atoms. The maximum Gasteiger partial charge on any atom is 0.235 e. The first-order valence-electron chi connectivity index (χ1n) is 5.74. The van der Waals surface area contributed by atoms with Crippen LogP contribution in [-0.2, 0) is 27.6 Å². The van der Waals surface area contributed by atoms with Crippen molar-refractivity contribution in [2.45, 2.75) is 13.0 Å². The molecule has 0 saturated heterocycles. The van der Waals surface area contributed by atoms with E-state index in [1.807, 2.05) is 12.1 Å². The highest BCUT2D eigenvalue weighted by Gasteiger charge is 2.18. The highest BCUT2D eigenvalue weighted by molar-refractivity contribution is 9.10. The van der Waals surface area contributed by atoms with Crippen LogP contribution in [0.25, 0.3) is 0 Å². The van der Waals surface area contributed by atoms with E-state index in [2.05, 4.69) is 21.2 Å². The molecular weight excluding hydrogens is 334 g/mol. The van der Waals surface area contributed by atoms with E-state index in [0.717, 1.165) is 34.0 Å². The maximum absolute atomic E-state index is 11.5. The Kier molecular flexibility index (Phi) is 4.15. The Balaban J connectivity index is 2.06. The fourth-order valence-corrected chi connectivity index (χ4v) is 3.09. The molecule has 1 amide bonds. The molecule has 1 N–H and O–H groups in total. The summed E-state index contributed by atoms with van der Waals surface area (Å²) >= 11 is 3.41. The first-order valence-corrected chi connectivity index (χ1v) is 8.59. The van der Waals surface area contributed by atoms with Crippen LogP contribution in [0, 0.1) is 0 Å². The summed E-state index contributed by atoms with van der Waals surface area (Å²) in [4.78, 5) is 11.5. The van der Waals surface area contributed by atoms with Crippen molar-refractivity contribution >= 4 is 31.7 Å². The maximum atomic E-state index is 11.5. The van der Waals surface area contributed by atoms with Gasteiger partial charge in [-0.15, -0.1) is 0 Å². The van der Waals surface area contributed by atoms with Crippen LogP contribution in [0.2, 0.25) is 0 Å². The van der Waals surface area contributed by atoms with E-state index in [1.165, 1.54) is 0 Å². The number of nitrogens with one attached hydrogen (secondary N) is 1. The summed E-state index contributed by atoms with van der Waals surface area (Å²) in [6.45, 7) is 0.895. The van der Waals surface area contributed by atoms with Gasteiger partial charge in [0, 0.05) is 29.3 Å². The van der Waals surface area contributed by atoms with Gasteiger partial charge in [-0.1, -0.05) is 15.9 Å². The Morgan fingerprint density at radius 2 is 2.21 bits per heavy atom. The molecule has 7 heteroatoms. The summed E-state index contributed by atoms with van der Waals surface area (Å²) in [5, 5.41) is 2.59. The number of sulfone groups is 1. The molecule has 5 nitrogen and oxygen atoms in total.